The summed E-state index contributed by atoms with van der Waals surface area (Å²) in [6.45, 7) is 0.245. The fraction of sp³-hybridized carbons (Fsp3) is 0.0833. The van der Waals surface area contributed by atoms with Crippen molar-refractivity contribution >= 4 is 17.9 Å². The summed E-state index contributed by atoms with van der Waals surface area (Å²) in [5.74, 6) is 0.314. The number of carbonyl (C=O) groups is 2. The van der Waals surface area contributed by atoms with Crippen LogP contribution in [0.4, 0.5) is 0 Å². The molecule has 0 radical (unpaired) electrons. The normalized spacial score (nSPS) is 10.4. The Kier molecular flexibility index (Phi) is 7.62. The number of hydrazine groups is 1. The van der Waals surface area contributed by atoms with Gasteiger partial charge in [0.2, 0.25) is 0 Å². The molecule has 2 N–H and O–H groups in total. The van der Waals surface area contributed by atoms with Gasteiger partial charge in [0.1, 0.15) is 18.1 Å². The summed E-state index contributed by atoms with van der Waals surface area (Å²) in [7, 11) is 0. The minimum atomic E-state index is -0.471. The van der Waals surface area contributed by atoms with Gasteiger partial charge in [-0.05, 0) is 41.5 Å². The van der Waals surface area contributed by atoms with E-state index in [2.05, 4.69) is 10.9 Å². The number of hydrogen-bond acceptors (Lipinski definition) is 4. The number of carbonyl (C=O) groups excluding carboxylic acids is 2. The van der Waals surface area contributed by atoms with Crippen molar-refractivity contribution in [1.82, 2.24) is 10.9 Å². The van der Waals surface area contributed by atoms with E-state index in [0.29, 0.717) is 18.1 Å². The zero-order valence-corrected chi connectivity index (χ0v) is 16.3. The molecular weight excluding hydrogens is 380 g/mol. The molecule has 0 fully saturated rings. The van der Waals surface area contributed by atoms with Gasteiger partial charge in [-0.3, -0.25) is 20.4 Å². The first-order chi connectivity index (χ1) is 14.7. The molecule has 0 aliphatic heterocycles. The minimum absolute atomic E-state index is 0.229. The lowest BCUT2D eigenvalue weighted by molar-refractivity contribution is -0.128. The van der Waals surface area contributed by atoms with E-state index in [1.807, 2.05) is 60.7 Å². The first-order valence-electron chi connectivity index (χ1n) is 9.40. The summed E-state index contributed by atoms with van der Waals surface area (Å²) in [5.41, 5.74) is 6.57. The fourth-order valence-electron chi connectivity index (χ4n) is 2.47. The highest BCUT2D eigenvalue weighted by Gasteiger charge is 2.04. The van der Waals surface area contributed by atoms with Crippen LogP contribution in [0.1, 0.15) is 11.1 Å². The topological polar surface area (TPSA) is 76.7 Å². The molecular formula is C24H22N2O4. The molecule has 0 aromatic heterocycles. The molecule has 2 amide bonds. The van der Waals surface area contributed by atoms with E-state index >= 15 is 0 Å². The van der Waals surface area contributed by atoms with Gasteiger partial charge < -0.3 is 9.47 Å². The van der Waals surface area contributed by atoms with E-state index in [1.54, 1.807) is 30.3 Å². The van der Waals surface area contributed by atoms with Crippen LogP contribution in [-0.4, -0.2) is 18.4 Å². The van der Waals surface area contributed by atoms with Crippen molar-refractivity contribution in [2.75, 3.05) is 6.61 Å². The predicted octanol–water partition coefficient (Wildman–Crippen LogP) is 3.51. The molecule has 0 saturated heterocycles. The summed E-state index contributed by atoms with van der Waals surface area (Å²) < 4.78 is 11.1. The molecule has 0 atom stereocenters. The third-order valence-electron chi connectivity index (χ3n) is 3.99. The lowest BCUT2D eigenvalue weighted by Crippen LogP contribution is -2.43. The van der Waals surface area contributed by atoms with Crippen molar-refractivity contribution in [3.63, 3.8) is 0 Å². The zero-order valence-electron chi connectivity index (χ0n) is 16.3. The molecule has 30 heavy (non-hydrogen) atoms. The van der Waals surface area contributed by atoms with Crippen LogP contribution in [0.5, 0.6) is 11.5 Å². The summed E-state index contributed by atoms with van der Waals surface area (Å²) in [4.78, 5) is 23.6. The largest absolute Gasteiger partial charge is 0.489 e. The molecule has 3 aromatic carbocycles. The van der Waals surface area contributed by atoms with Crippen LogP contribution in [0.2, 0.25) is 0 Å². The van der Waals surface area contributed by atoms with Gasteiger partial charge in [-0.25, -0.2) is 0 Å². The van der Waals surface area contributed by atoms with Crippen LogP contribution in [0.25, 0.3) is 6.08 Å². The van der Waals surface area contributed by atoms with E-state index in [0.717, 1.165) is 11.1 Å². The molecule has 0 aliphatic carbocycles. The predicted molar refractivity (Wildman–Crippen MR) is 114 cm³/mol. The van der Waals surface area contributed by atoms with Gasteiger partial charge in [-0.1, -0.05) is 60.7 Å². The quantitative estimate of drug-likeness (QED) is 0.447. The average Bonchev–Trinajstić information content (AvgIpc) is 2.80. The monoisotopic (exact) mass is 402 g/mol. The first-order valence-corrected chi connectivity index (χ1v) is 9.40. The number of nitrogens with one attached hydrogen (secondary N) is 2. The van der Waals surface area contributed by atoms with Crippen LogP contribution < -0.4 is 20.3 Å². The van der Waals surface area contributed by atoms with Gasteiger partial charge in [0, 0.05) is 6.08 Å². The Hall–Kier alpha value is -4.06. The number of rotatable bonds is 8. The number of benzene rings is 3. The van der Waals surface area contributed by atoms with E-state index in [1.165, 1.54) is 6.08 Å². The maximum atomic E-state index is 11.8. The van der Waals surface area contributed by atoms with E-state index in [-0.39, 0.29) is 6.61 Å². The van der Waals surface area contributed by atoms with Crippen molar-refractivity contribution in [1.29, 1.82) is 0 Å². The number of amides is 2. The summed E-state index contributed by atoms with van der Waals surface area (Å²) >= 11 is 0. The van der Waals surface area contributed by atoms with Gasteiger partial charge in [-0.2, -0.15) is 0 Å². The van der Waals surface area contributed by atoms with Gasteiger partial charge in [0.15, 0.2) is 6.61 Å². The van der Waals surface area contributed by atoms with E-state index in [4.69, 9.17) is 9.47 Å². The molecule has 6 nitrogen and oxygen atoms in total. The van der Waals surface area contributed by atoms with E-state index in [9.17, 15) is 9.59 Å². The lowest BCUT2D eigenvalue weighted by Gasteiger charge is -2.09. The molecule has 152 valence electrons. The smallest absolute Gasteiger partial charge is 0.276 e. The minimum Gasteiger partial charge on any atom is -0.489 e. The van der Waals surface area contributed by atoms with Crippen molar-refractivity contribution in [2.24, 2.45) is 0 Å². The SMILES string of the molecule is O=C(/C=C/c1ccccc1)NNC(=O)COc1ccc(OCc2ccccc2)cc1. The van der Waals surface area contributed by atoms with Gasteiger partial charge in [0.25, 0.3) is 11.8 Å². The highest BCUT2D eigenvalue weighted by molar-refractivity contribution is 5.93. The second-order valence-corrected chi connectivity index (χ2v) is 6.32. The lowest BCUT2D eigenvalue weighted by atomic mass is 10.2. The van der Waals surface area contributed by atoms with Gasteiger partial charge >= 0.3 is 0 Å². The summed E-state index contributed by atoms with van der Waals surface area (Å²) in [5, 5.41) is 0. The van der Waals surface area contributed by atoms with Gasteiger partial charge in [0.05, 0.1) is 0 Å². The molecule has 0 heterocycles. The molecule has 6 heteroatoms. The highest BCUT2D eigenvalue weighted by Crippen LogP contribution is 2.18. The van der Waals surface area contributed by atoms with Crippen LogP contribution in [0.15, 0.2) is 91.0 Å². The maximum absolute atomic E-state index is 11.8. The molecule has 0 unspecified atom stereocenters. The molecule has 3 aromatic rings. The van der Waals surface area contributed by atoms with Crippen LogP contribution in [-0.2, 0) is 16.2 Å². The molecule has 0 saturated carbocycles. The Bertz CT molecular complexity index is 971. The van der Waals surface area contributed by atoms with Crippen molar-refractivity contribution in [3.05, 3.63) is 102 Å². The van der Waals surface area contributed by atoms with Crippen LogP contribution >= 0.6 is 0 Å². The average molecular weight is 402 g/mol. The van der Waals surface area contributed by atoms with Crippen molar-refractivity contribution in [2.45, 2.75) is 6.61 Å². The summed E-state index contributed by atoms with van der Waals surface area (Å²) in [6.07, 6.45) is 2.99. The number of ether oxygens (including phenoxy) is 2. The summed E-state index contributed by atoms with van der Waals surface area (Å²) in [6, 6.07) is 26.2. The molecule has 0 bridgehead atoms. The second kappa shape index (κ2) is 11.1. The Morgan fingerprint density at radius 3 is 2.00 bits per heavy atom. The Morgan fingerprint density at radius 1 is 0.733 bits per heavy atom. The van der Waals surface area contributed by atoms with E-state index < -0.39 is 11.8 Å². The number of hydrogen-bond donors (Lipinski definition) is 2. The van der Waals surface area contributed by atoms with Crippen LogP contribution in [0.3, 0.4) is 0 Å². The Balaban J connectivity index is 1.36. The van der Waals surface area contributed by atoms with Crippen molar-refractivity contribution < 1.29 is 19.1 Å². The molecule has 0 spiro atoms. The third kappa shape index (κ3) is 7.16. The standard InChI is InChI=1S/C24H22N2O4/c27-23(16-11-19-7-3-1-4-8-19)25-26-24(28)18-30-22-14-12-21(13-15-22)29-17-20-9-5-2-6-10-20/h1-16H,17-18H2,(H,25,27)(H,26,28)/b16-11+. The van der Waals surface area contributed by atoms with Crippen molar-refractivity contribution in [3.8, 4) is 11.5 Å². The second-order valence-electron chi connectivity index (χ2n) is 6.32. The maximum Gasteiger partial charge on any atom is 0.276 e. The van der Waals surface area contributed by atoms with Gasteiger partial charge in [-0.15, -0.1) is 0 Å². The Labute approximate surface area is 175 Å². The third-order valence-corrected chi connectivity index (χ3v) is 3.99. The van der Waals surface area contributed by atoms with Crippen LogP contribution in [0, 0.1) is 0 Å². The molecule has 3 rings (SSSR count). The molecule has 0 aliphatic rings. The zero-order chi connectivity index (χ0) is 21.0. The fourth-order valence-corrected chi connectivity index (χ4v) is 2.47. The first kappa shape index (κ1) is 20.7. The highest BCUT2D eigenvalue weighted by atomic mass is 16.5. The Morgan fingerprint density at radius 2 is 1.33 bits per heavy atom.